The van der Waals surface area contributed by atoms with Crippen LogP contribution in [0.25, 0.3) is 6.08 Å². The molecule has 9 nitrogen and oxygen atoms in total. The molecule has 0 atom stereocenters. The van der Waals surface area contributed by atoms with Gasteiger partial charge in [-0.1, -0.05) is 12.1 Å². The maximum atomic E-state index is 12.7. The summed E-state index contributed by atoms with van der Waals surface area (Å²) < 4.78 is 10.5. The van der Waals surface area contributed by atoms with Crippen LogP contribution in [0.3, 0.4) is 0 Å². The van der Waals surface area contributed by atoms with Gasteiger partial charge in [0.05, 0.1) is 12.0 Å². The number of para-hydroxylation sites is 1. The number of carbonyl (C=O) groups is 4. The Hall–Kier alpha value is -3.01. The number of carbonyl (C=O) groups excluding carboxylic acids is 3. The normalized spacial score (nSPS) is 18.1. The highest BCUT2D eigenvalue weighted by Crippen LogP contribution is 2.37. The van der Waals surface area contributed by atoms with Crippen LogP contribution >= 0.6 is 11.8 Å². The van der Waals surface area contributed by atoms with Gasteiger partial charge < -0.3 is 19.5 Å². The second kappa shape index (κ2) is 9.66. The highest BCUT2D eigenvalue weighted by Gasteiger charge is 2.37. The summed E-state index contributed by atoms with van der Waals surface area (Å²) in [7, 11) is 1.41. The molecule has 2 aliphatic heterocycles. The Morgan fingerprint density at radius 2 is 1.93 bits per heavy atom. The molecule has 0 aromatic heterocycles. The van der Waals surface area contributed by atoms with Crippen molar-refractivity contribution in [2.24, 2.45) is 0 Å². The lowest BCUT2D eigenvalue weighted by molar-refractivity contribution is -0.139. The number of rotatable bonds is 7. The molecular weight excluding hydrogens is 412 g/mol. The van der Waals surface area contributed by atoms with Gasteiger partial charge in [0.15, 0.2) is 18.1 Å². The molecule has 3 rings (SSSR count). The number of carboxylic acid groups (broad SMARTS) is 1. The maximum Gasteiger partial charge on any atom is 0.341 e. The first-order chi connectivity index (χ1) is 14.4. The summed E-state index contributed by atoms with van der Waals surface area (Å²) in [5, 5.41) is 8.37. The molecule has 0 unspecified atom stereocenters. The van der Waals surface area contributed by atoms with Crippen molar-refractivity contribution in [3.8, 4) is 11.5 Å². The van der Waals surface area contributed by atoms with Gasteiger partial charge in [0.2, 0.25) is 5.91 Å². The second-order valence-electron chi connectivity index (χ2n) is 6.77. The zero-order chi connectivity index (χ0) is 21.7. The van der Waals surface area contributed by atoms with Crippen LogP contribution in [-0.4, -0.2) is 71.3 Å². The van der Waals surface area contributed by atoms with E-state index in [0.717, 1.165) is 35.9 Å². The number of carboxylic acids is 1. The molecule has 1 aromatic carbocycles. The fourth-order valence-corrected chi connectivity index (χ4v) is 4.08. The Morgan fingerprint density at radius 3 is 2.60 bits per heavy atom. The van der Waals surface area contributed by atoms with Gasteiger partial charge in [-0.25, -0.2) is 4.79 Å². The van der Waals surface area contributed by atoms with E-state index in [1.807, 2.05) is 0 Å². The van der Waals surface area contributed by atoms with Crippen LogP contribution < -0.4 is 9.47 Å². The number of piperidine rings is 1. The van der Waals surface area contributed by atoms with E-state index in [1.54, 1.807) is 23.1 Å². The zero-order valence-electron chi connectivity index (χ0n) is 16.5. The monoisotopic (exact) mass is 434 g/mol. The minimum Gasteiger partial charge on any atom is -0.493 e. The Bertz CT molecular complexity index is 893. The zero-order valence-corrected chi connectivity index (χ0v) is 17.3. The third-order valence-corrected chi connectivity index (χ3v) is 5.64. The minimum atomic E-state index is -1.16. The Morgan fingerprint density at radius 1 is 1.20 bits per heavy atom. The standard InChI is InChI=1S/C20H22N2O7S/c1-28-14-7-5-6-13(18(14)29-12-17(24)25)10-15-19(26)22(20(27)30-15)11-16(23)21-8-3-2-4-9-21/h5-7,10H,2-4,8-9,11-12H2,1H3,(H,24,25)/b15-10+. The SMILES string of the molecule is COc1cccc(/C=C2/SC(=O)N(CC(=O)N3CCCCC3)C2=O)c1OCC(=O)O. The first-order valence-corrected chi connectivity index (χ1v) is 10.3. The number of hydrogen-bond donors (Lipinski definition) is 1. The van der Waals surface area contributed by atoms with Crippen LogP contribution in [0.4, 0.5) is 4.79 Å². The lowest BCUT2D eigenvalue weighted by Gasteiger charge is -2.27. The van der Waals surface area contributed by atoms with Gasteiger partial charge in [-0.3, -0.25) is 19.3 Å². The van der Waals surface area contributed by atoms with E-state index in [9.17, 15) is 19.2 Å². The lowest BCUT2D eigenvalue weighted by Crippen LogP contribution is -2.44. The van der Waals surface area contributed by atoms with Crippen molar-refractivity contribution in [1.82, 2.24) is 9.80 Å². The lowest BCUT2D eigenvalue weighted by atomic mass is 10.1. The molecule has 2 saturated heterocycles. The van der Waals surface area contributed by atoms with E-state index in [0.29, 0.717) is 24.4 Å². The average molecular weight is 434 g/mol. The van der Waals surface area contributed by atoms with Gasteiger partial charge >= 0.3 is 5.97 Å². The van der Waals surface area contributed by atoms with E-state index in [1.165, 1.54) is 13.2 Å². The molecule has 0 bridgehead atoms. The number of methoxy groups -OCH3 is 1. The number of thioether (sulfide) groups is 1. The second-order valence-corrected chi connectivity index (χ2v) is 7.76. The van der Waals surface area contributed by atoms with Crippen LogP contribution in [0.1, 0.15) is 24.8 Å². The molecule has 2 aliphatic rings. The van der Waals surface area contributed by atoms with Crippen LogP contribution in [0.2, 0.25) is 0 Å². The maximum absolute atomic E-state index is 12.7. The highest BCUT2D eigenvalue weighted by atomic mass is 32.2. The van der Waals surface area contributed by atoms with Gasteiger partial charge in [-0.05, 0) is 43.2 Å². The summed E-state index contributed by atoms with van der Waals surface area (Å²) in [5.41, 5.74) is 0.392. The van der Waals surface area contributed by atoms with Gasteiger partial charge in [0.1, 0.15) is 6.54 Å². The number of amides is 3. The van der Waals surface area contributed by atoms with Gasteiger partial charge in [0, 0.05) is 18.7 Å². The van der Waals surface area contributed by atoms with Crippen LogP contribution in [0.5, 0.6) is 11.5 Å². The quantitative estimate of drug-likeness (QED) is 0.650. The largest absolute Gasteiger partial charge is 0.493 e. The molecule has 1 N–H and O–H groups in total. The predicted molar refractivity (Wildman–Crippen MR) is 109 cm³/mol. The number of aliphatic carboxylic acids is 1. The fraction of sp³-hybridized carbons (Fsp3) is 0.400. The molecule has 160 valence electrons. The highest BCUT2D eigenvalue weighted by molar-refractivity contribution is 8.18. The van der Waals surface area contributed by atoms with E-state index in [-0.39, 0.29) is 23.1 Å². The van der Waals surface area contributed by atoms with Crippen molar-refractivity contribution < 1.29 is 33.8 Å². The molecule has 2 heterocycles. The number of imide groups is 1. The summed E-state index contributed by atoms with van der Waals surface area (Å²) in [4.78, 5) is 51.2. The molecule has 0 saturated carbocycles. The smallest absolute Gasteiger partial charge is 0.341 e. The number of benzene rings is 1. The summed E-state index contributed by atoms with van der Waals surface area (Å²) in [6.07, 6.45) is 4.35. The molecule has 3 amide bonds. The van der Waals surface area contributed by atoms with Crippen molar-refractivity contribution in [3.63, 3.8) is 0 Å². The molecule has 0 aliphatic carbocycles. The molecule has 30 heavy (non-hydrogen) atoms. The van der Waals surface area contributed by atoms with E-state index in [2.05, 4.69) is 0 Å². The number of likely N-dealkylation sites (tertiary alicyclic amines) is 1. The number of nitrogens with zero attached hydrogens (tertiary/aromatic N) is 2. The summed E-state index contributed by atoms with van der Waals surface area (Å²) in [6, 6.07) is 4.87. The Labute approximate surface area is 177 Å². The molecule has 0 radical (unpaired) electrons. The van der Waals surface area contributed by atoms with Crippen molar-refractivity contribution in [2.45, 2.75) is 19.3 Å². The number of ether oxygens (including phenoxy) is 2. The molecular formula is C20H22N2O7S. The molecule has 1 aromatic rings. The van der Waals surface area contributed by atoms with Crippen LogP contribution in [-0.2, 0) is 14.4 Å². The summed E-state index contributed by atoms with van der Waals surface area (Å²) in [5.74, 6) is -1.53. The van der Waals surface area contributed by atoms with Crippen molar-refractivity contribution in [1.29, 1.82) is 0 Å². The van der Waals surface area contributed by atoms with Crippen molar-refractivity contribution in [3.05, 3.63) is 28.7 Å². The molecule has 2 fully saturated rings. The average Bonchev–Trinajstić information content (AvgIpc) is 3.00. The van der Waals surface area contributed by atoms with Crippen molar-refractivity contribution >= 4 is 40.9 Å². The van der Waals surface area contributed by atoms with Gasteiger partial charge in [0.25, 0.3) is 11.1 Å². The third-order valence-electron chi connectivity index (χ3n) is 4.73. The summed E-state index contributed by atoms with van der Waals surface area (Å²) >= 11 is 0.727. The van der Waals surface area contributed by atoms with Crippen LogP contribution in [0, 0.1) is 0 Å². The van der Waals surface area contributed by atoms with Gasteiger partial charge in [-0.2, -0.15) is 0 Å². The van der Waals surface area contributed by atoms with E-state index >= 15 is 0 Å². The van der Waals surface area contributed by atoms with Crippen molar-refractivity contribution in [2.75, 3.05) is 33.4 Å². The number of hydrogen-bond acceptors (Lipinski definition) is 7. The first kappa shape index (κ1) is 21.7. The molecule has 10 heteroatoms. The first-order valence-electron chi connectivity index (χ1n) is 9.45. The van der Waals surface area contributed by atoms with Gasteiger partial charge in [-0.15, -0.1) is 0 Å². The molecule has 0 spiro atoms. The third kappa shape index (κ3) is 4.93. The fourth-order valence-electron chi connectivity index (χ4n) is 3.25. The summed E-state index contributed by atoms with van der Waals surface area (Å²) in [6.45, 7) is 0.396. The Kier molecular flexibility index (Phi) is 6.99. The topological polar surface area (TPSA) is 113 Å². The predicted octanol–water partition coefficient (Wildman–Crippen LogP) is 2.21. The van der Waals surface area contributed by atoms with Crippen LogP contribution in [0.15, 0.2) is 23.1 Å². The Balaban J connectivity index is 1.79. The van der Waals surface area contributed by atoms with E-state index < -0.39 is 23.7 Å². The minimum absolute atomic E-state index is 0.125. The van der Waals surface area contributed by atoms with E-state index in [4.69, 9.17) is 14.6 Å².